The topological polar surface area (TPSA) is 38.3 Å². The maximum absolute atomic E-state index is 12.9. The van der Waals surface area contributed by atoms with E-state index < -0.39 is 0 Å². The van der Waals surface area contributed by atoms with Crippen molar-refractivity contribution in [2.24, 2.45) is 47.3 Å². The fourth-order valence-electron chi connectivity index (χ4n) is 10.7. The van der Waals surface area contributed by atoms with E-state index in [0.717, 1.165) is 74.7 Å². The van der Waals surface area contributed by atoms with Crippen LogP contribution < -0.4 is 5.23 Å². The second-order valence-electron chi connectivity index (χ2n) is 21.1. The first kappa shape index (κ1) is 59.9. The van der Waals surface area contributed by atoms with Crippen LogP contribution in [-0.2, 0) is 9.53 Å². The third kappa shape index (κ3) is 32.3. The highest BCUT2D eigenvalue weighted by molar-refractivity contribution is 6.04. The highest BCUT2D eigenvalue weighted by Crippen LogP contribution is 2.54. The summed E-state index contributed by atoms with van der Waals surface area (Å²) in [6, 6.07) is 0. The smallest absolute Gasteiger partial charge is 0.177 e. The number of methoxy groups -OCH3 is 1. The monoisotopic (exact) mass is 876 g/mol. The molecule has 3 nitrogen and oxygen atoms in total. The zero-order valence-corrected chi connectivity index (χ0v) is 43.7. The van der Waals surface area contributed by atoms with Crippen LogP contribution in [0, 0.1) is 47.3 Å². The molecule has 9 unspecified atom stereocenters. The van der Waals surface area contributed by atoms with E-state index in [9.17, 15) is 4.79 Å². The van der Waals surface area contributed by atoms with Crippen molar-refractivity contribution in [3.8, 4) is 0 Å². The van der Waals surface area contributed by atoms with E-state index in [-0.39, 0.29) is 6.10 Å². The van der Waals surface area contributed by atoms with Gasteiger partial charge in [0.15, 0.2) is 7.98 Å². The Morgan fingerprint density at radius 1 is 0.651 bits per heavy atom. The Labute approximate surface area is 397 Å². The lowest BCUT2D eigenvalue weighted by Gasteiger charge is -2.23. The van der Waals surface area contributed by atoms with Gasteiger partial charge in [0.1, 0.15) is 5.78 Å². The molecule has 366 valence electrons. The first-order valence-electron chi connectivity index (χ1n) is 28.1. The van der Waals surface area contributed by atoms with Crippen molar-refractivity contribution in [2.45, 2.75) is 272 Å². The largest absolute Gasteiger partial charge is 0.381 e. The molecule has 0 aromatic heterocycles. The normalized spacial score (nSPS) is 23.4. The Morgan fingerprint density at radius 2 is 1.24 bits per heavy atom. The number of hydrogen-bond acceptors (Lipinski definition) is 3. The number of hydrogen-bond donors (Lipinski definition) is 1. The quantitative estimate of drug-likeness (QED) is 0.0379. The number of unbranched alkanes of at least 4 members (excludes halogenated alkanes) is 12. The van der Waals surface area contributed by atoms with E-state index in [1.54, 1.807) is 19.3 Å². The average Bonchev–Trinajstić information content (AvgIpc) is 4.19. The molecular formula is C59H110BNO2. The molecule has 3 aliphatic carbocycles. The van der Waals surface area contributed by atoms with Crippen molar-refractivity contribution in [3.63, 3.8) is 0 Å². The number of ether oxygens (including phenoxy) is 1. The Morgan fingerprint density at radius 3 is 1.84 bits per heavy atom. The van der Waals surface area contributed by atoms with Gasteiger partial charge in [0.05, 0.1) is 6.10 Å². The summed E-state index contributed by atoms with van der Waals surface area (Å²) >= 11 is 0. The van der Waals surface area contributed by atoms with Crippen LogP contribution in [0.4, 0.5) is 0 Å². The van der Waals surface area contributed by atoms with Gasteiger partial charge < -0.3 is 9.96 Å². The maximum atomic E-state index is 12.9. The fourth-order valence-corrected chi connectivity index (χ4v) is 10.7. The summed E-state index contributed by atoms with van der Waals surface area (Å²) in [6.07, 6.45) is 52.4. The van der Waals surface area contributed by atoms with Crippen LogP contribution in [0.3, 0.4) is 0 Å². The molecule has 0 heterocycles. The van der Waals surface area contributed by atoms with Crippen molar-refractivity contribution < 1.29 is 9.53 Å². The lowest BCUT2D eigenvalue weighted by atomic mass is 9.82. The summed E-state index contributed by atoms with van der Waals surface area (Å²) in [5.74, 6) is 7.70. The Balaban J connectivity index is 0.000000744. The molecule has 0 saturated heterocycles. The molecule has 4 heteroatoms. The number of nitrogens with one attached hydrogen (secondary N) is 1. The Bertz CT molecular complexity index is 1100. The molecule has 0 aromatic rings. The predicted molar refractivity (Wildman–Crippen MR) is 282 cm³/mol. The first-order chi connectivity index (χ1) is 30.7. The van der Waals surface area contributed by atoms with Crippen LogP contribution >= 0.6 is 0 Å². The second-order valence-corrected chi connectivity index (χ2v) is 21.1. The van der Waals surface area contributed by atoms with Gasteiger partial charge in [-0.2, -0.15) is 0 Å². The molecule has 0 aliphatic heterocycles. The van der Waals surface area contributed by atoms with Gasteiger partial charge in [-0.3, -0.25) is 4.79 Å². The van der Waals surface area contributed by atoms with E-state index in [1.807, 2.05) is 7.11 Å². The van der Waals surface area contributed by atoms with E-state index in [0.29, 0.717) is 30.0 Å². The van der Waals surface area contributed by atoms with Gasteiger partial charge in [-0.15, -0.1) is 6.58 Å². The molecule has 9 atom stereocenters. The average molecular weight is 876 g/mol. The lowest BCUT2D eigenvalue weighted by Crippen LogP contribution is -2.19. The number of Topliss-reactive ketones (excluding diaryl/α,β-unsaturated/α-hetero) is 1. The molecular weight excluding hydrogens is 765 g/mol. The van der Waals surface area contributed by atoms with Crippen LogP contribution in [0.5, 0.6) is 0 Å². The molecule has 3 rings (SSSR count). The summed E-state index contributed by atoms with van der Waals surface area (Å²) in [5.41, 5.74) is 1.48. The summed E-state index contributed by atoms with van der Waals surface area (Å²) in [6.45, 7) is 22.7. The standard InChI is InChI=1S/C39H68O2.C16H32.C4H10BN/c1-5-8-14-19-32-27-35(32)29-36-28-33(36)20-16-12-10-11-13-17-21-38(41-4)26-25-37(40)30-34-24-23-31(18-7-3)39(34)22-15-9-6-2;1-5-7-9-11-15(3)13-14-16(4)12-10-8-6-2;1-2-3-4-6-5/h7,9,15,31-36,38-39H,3,5-6,8,10-14,16-30H2,1-2,4H3;16H,3,5-14H2,1-2,4H3;6H,2-4H2,1H3/b15-9-;;. The molecule has 0 bridgehead atoms. The van der Waals surface area contributed by atoms with Crippen LogP contribution in [0.2, 0.25) is 0 Å². The van der Waals surface area contributed by atoms with Gasteiger partial charge in [0.25, 0.3) is 0 Å². The summed E-state index contributed by atoms with van der Waals surface area (Å²) < 4.78 is 5.79. The summed E-state index contributed by atoms with van der Waals surface area (Å²) in [4.78, 5) is 12.9. The number of ketones is 1. The van der Waals surface area contributed by atoms with Crippen molar-refractivity contribution in [1.82, 2.24) is 5.23 Å². The van der Waals surface area contributed by atoms with E-state index in [2.05, 4.69) is 78.2 Å². The van der Waals surface area contributed by atoms with Crippen LogP contribution in [0.1, 0.15) is 266 Å². The van der Waals surface area contributed by atoms with Gasteiger partial charge in [-0.25, -0.2) is 0 Å². The van der Waals surface area contributed by atoms with Gasteiger partial charge in [-0.05, 0) is 150 Å². The molecule has 1 N–H and O–H groups in total. The Kier molecular flexibility index (Phi) is 39.1. The molecule has 3 saturated carbocycles. The molecule has 0 aromatic carbocycles. The fraction of sp³-hybridized carbons (Fsp3) is 0.881. The van der Waals surface area contributed by atoms with Gasteiger partial charge in [0, 0.05) is 20.0 Å². The van der Waals surface area contributed by atoms with Crippen LogP contribution in [0.15, 0.2) is 37.0 Å². The number of carbonyl (C=O) groups is 1. The minimum Gasteiger partial charge on any atom is -0.381 e. The predicted octanol–water partition coefficient (Wildman–Crippen LogP) is 18.3. The van der Waals surface area contributed by atoms with Gasteiger partial charge in [-0.1, -0.05) is 187 Å². The highest BCUT2D eigenvalue weighted by atomic mass is 16.5. The number of rotatable bonds is 40. The van der Waals surface area contributed by atoms with Crippen molar-refractivity contribution in [2.75, 3.05) is 13.7 Å². The van der Waals surface area contributed by atoms with E-state index in [4.69, 9.17) is 12.7 Å². The summed E-state index contributed by atoms with van der Waals surface area (Å²) in [5, 5.41) is 2.57. The van der Waals surface area contributed by atoms with Crippen LogP contribution in [0.25, 0.3) is 0 Å². The van der Waals surface area contributed by atoms with Crippen molar-refractivity contribution >= 4 is 13.8 Å². The van der Waals surface area contributed by atoms with Gasteiger partial charge >= 0.3 is 0 Å². The highest BCUT2D eigenvalue weighted by Gasteiger charge is 2.44. The molecule has 2 radical (unpaired) electrons. The zero-order valence-electron chi connectivity index (χ0n) is 43.7. The van der Waals surface area contributed by atoms with Crippen molar-refractivity contribution in [3.05, 3.63) is 37.0 Å². The zero-order chi connectivity index (χ0) is 46.3. The van der Waals surface area contributed by atoms with Crippen molar-refractivity contribution in [1.29, 1.82) is 0 Å². The first-order valence-corrected chi connectivity index (χ1v) is 28.1. The van der Waals surface area contributed by atoms with E-state index >= 15 is 0 Å². The minimum absolute atomic E-state index is 0.254. The lowest BCUT2D eigenvalue weighted by molar-refractivity contribution is -0.121. The second kappa shape index (κ2) is 41.1. The van der Waals surface area contributed by atoms with Gasteiger partial charge in [0.2, 0.25) is 0 Å². The third-order valence-corrected chi connectivity index (χ3v) is 15.3. The molecule has 0 spiro atoms. The molecule has 3 fully saturated rings. The molecule has 63 heavy (non-hydrogen) atoms. The minimum atomic E-state index is 0.254. The SMILES string of the molecule is C=C(CCCCC)CCC(C)CCCCC.C=CCC1CCC(CC(=O)CCC(CCCCCCCCC2CC2CC2CC2CCCCC)OC)C1C/C=C\CC.[B]NCCCC. The third-order valence-electron chi connectivity index (χ3n) is 15.3. The summed E-state index contributed by atoms with van der Waals surface area (Å²) in [7, 11) is 6.80. The van der Waals surface area contributed by atoms with Crippen LogP contribution in [-0.4, -0.2) is 33.5 Å². The number of carbonyl (C=O) groups excluding carboxylic acids is 1. The van der Waals surface area contributed by atoms with E-state index in [1.165, 1.54) is 166 Å². The maximum Gasteiger partial charge on any atom is 0.177 e. The molecule has 0 amide bonds. The number of allylic oxidation sites excluding steroid dienone is 4. The Hall–Kier alpha value is -1.13. The molecule has 3 aliphatic rings.